The van der Waals surface area contributed by atoms with E-state index in [1.54, 1.807) is 6.07 Å². The van der Waals surface area contributed by atoms with Crippen LogP contribution in [0.2, 0.25) is 5.02 Å². The molecular formula is C22H22ClF3N2O4S. The summed E-state index contributed by atoms with van der Waals surface area (Å²) in [5.74, 6) is 0. The molecule has 0 bridgehead atoms. The minimum absolute atomic E-state index is 0.0133. The first-order valence-electron chi connectivity index (χ1n) is 9.96. The normalized spacial score (nSPS) is 12.6. The van der Waals surface area contributed by atoms with Gasteiger partial charge < -0.3 is 10.1 Å². The Balaban J connectivity index is 2.11. The zero-order chi connectivity index (χ0) is 24.6. The molecule has 0 amide bonds. The third kappa shape index (κ3) is 5.24. The van der Waals surface area contributed by atoms with Crippen molar-refractivity contribution in [3.8, 4) is 0 Å². The van der Waals surface area contributed by atoms with Crippen LogP contribution in [0.25, 0.3) is 10.9 Å². The molecule has 6 nitrogen and oxygen atoms in total. The van der Waals surface area contributed by atoms with Crippen LogP contribution in [-0.2, 0) is 22.7 Å². The standard InChI is InChI=1S/C22H22ClF3N2O4S/c1-13-4-5-14(2)20-17(13)10-15(21(30)27-20)12-28(8-3-9-29)33(31,32)19-11-16(22(24,25)26)6-7-18(19)23/h4-7,10-11,29H,3,8-9,12H2,1-2H3,(H,27,30). The minimum Gasteiger partial charge on any atom is -0.396 e. The molecule has 1 heterocycles. The van der Waals surface area contributed by atoms with E-state index in [9.17, 15) is 31.5 Å². The lowest BCUT2D eigenvalue weighted by Gasteiger charge is -2.23. The van der Waals surface area contributed by atoms with Gasteiger partial charge >= 0.3 is 6.18 Å². The molecule has 3 rings (SSSR count). The predicted octanol–water partition coefficient (Wildman–Crippen LogP) is 4.39. The molecule has 0 aliphatic heterocycles. The highest BCUT2D eigenvalue weighted by molar-refractivity contribution is 7.89. The molecule has 0 radical (unpaired) electrons. The van der Waals surface area contributed by atoms with Crippen LogP contribution in [0.15, 0.2) is 46.1 Å². The van der Waals surface area contributed by atoms with Gasteiger partial charge in [-0.05, 0) is 55.7 Å². The molecule has 1 aromatic heterocycles. The van der Waals surface area contributed by atoms with Crippen molar-refractivity contribution in [3.63, 3.8) is 0 Å². The lowest BCUT2D eigenvalue weighted by molar-refractivity contribution is -0.137. The van der Waals surface area contributed by atoms with Gasteiger partial charge in [-0.3, -0.25) is 4.79 Å². The molecular weight excluding hydrogens is 481 g/mol. The molecule has 2 aromatic carbocycles. The summed E-state index contributed by atoms with van der Waals surface area (Å²) in [6.07, 6.45) is -4.75. The van der Waals surface area contributed by atoms with Crippen LogP contribution < -0.4 is 5.56 Å². The second-order valence-electron chi connectivity index (χ2n) is 7.67. The van der Waals surface area contributed by atoms with Crippen molar-refractivity contribution in [1.29, 1.82) is 0 Å². The van der Waals surface area contributed by atoms with E-state index < -0.39 is 38.8 Å². The number of aromatic nitrogens is 1. The molecule has 0 atom stereocenters. The number of pyridine rings is 1. The van der Waals surface area contributed by atoms with Crippen LogP contribution >= 0.6 is 11.6 Å². The Labute approximate surface area is 193 Å². The van der Waals surface area contributed by atoms with E-state index in [0.717, 1.165) is 26.9 Å². The second kappa shape index (κ2) is 9.46. The van der Waals surface area contributed by atoms with Gasteiger partial charge in [0.05, 0.1) is 16.1 Å². The van der Waals surface area contributed by atoms with Crippen molar-refractivity contribution in [1.82, 2.24) is 9.29 Å². The molecule has 178 valence electrons. The predicted molar refractivity (Wildman–Crippen MR) is 120 cm³/mol. The van der Waals surface area contributed by atoms with Crippen LogP contribution in [0.1, 0.15) is 28.7 Å². The third-order valence-corrected chi connectivity index (χ3v) is 7.64. The number of nitrogens with one attached hydrogen (secondary N) is 1. The molecule has 2 N–H and O–H groups in total. The topological polar surface area (TPSA) is 90.5 Å². The van der Waals surface area contributed by atoms with E-state index in [1.807, 2.05) is 26.0 Å². The Morgan fingerprint density at radius 2 is 1.76 bits per heavy atom. The van der Waals surface area contributed by atoms with E-state index in [4.69, 9.17) is 11.6 Å². The summed E-state index contributed by atoms with van der Waals surface area (Å²) < 4.78 is 67.0. The lowest BCUT2D eigenvalue weighted by Crippen LogP contribution is -2.34. The van der Waals surface area contributed by atoms with Crippen molar-refractivity contribution in [2.75, 3.05) is 13.2 Å². The molecule has 0 aliphatic rings. The number of halogens is 4. The van der Waals surface area contributed by atoms with E-state index in [0.29, 0.717) is 17.6 Å². The lowest BCUT2D eigenvalue weighted by atomic mass is 10.0. The highest BCUT2D eigenvalue weighted by atomic mass is 35.5. The summed E-state index contributed by atoms with van der Waals surface area (Å²) in [6, 6.07) is 7.33. The van der Waals surface area contributed by atoms with Crippen molar-refractivity contribution in [2.24, 2.45) is 0 Å². The molecule has 0 saturated carbocycles. The molecule has 3 aromatic rings. The van der Waals surface area contributed by atoms with E-state index >= 15 is 0 Å². The smallest absolute Gasteiger partial charge is 0.396 e. The van der Waals surface area contributed by atoms with Crippen molar-refractivity contribution >= 4 is 32.5 Å². The average Bonchev–Trinajstić information content (AvgIpc) is 2.73. The van der Waals surface area contributed by atoms with Gasteiger partial charge in [-0.1, -0.05) is 23.7 Å². The van der Waals surface area contributed by atoms with Gasteiger partial charge in [-0.2, -0.15) is 17.5 Å². The molecule has 0 spiro atoms. The Bertz CT molecular complexity index is 1350. The van der Waals surface area contributed by atoms with Crippen LogP contribution in [0.4, 0.5) is 13.2 Å². The van der Waals surface area contributed by atoms with Crippen LogP contribution in [-0.4, -0.2) is 36.0 Å². The fourth-order valence-corrected chi connectivity index (χ4v) is 5.43. The fraction of sp³-hybridized carbons (Fsp3) is 0.318. The number of nitrogens with zero attached hydrogens (tertiary/aromatic N) is 1. The number of aromatic amines is 1. The summed E-state index contributed by atoms with van der Waals surface area (Å²) in [6.45, 7) is 2.68. The van der Waals surface area contributed by atoms with Crippen molar-refractivity contribution in [3.05, 3.63) is 74.0 Å². The van der Waals surface area contributed by atoms with Gasteiger partial charge in [0.15, 0.2) is 0 Å². The number of aliphatic hydroxyl groups is 1. The van der Waals surface area contributed by atoms with E-state index in [-0.39, 0.29) is 30.2 Å². The Hall–Kier alpha value is -2.40. The summed E-state index contributed by atoms with van der Waals surface area (Å²) >= 11 is 5.97. The van der Waals surface area contributed by atoms with Gasteiger partial charge in [0, 0.05) is 30.6 Å². The number of aryl methyl sites for hydroxylation is 2. The maximum atomic E-state index is 13.3. The van der Waals surface area contributed by atoms with Gasteiger partial charge in [0.25, 0.3) is 5.56 Å². The number of hydrogen-bond acceptors (Lipinski definition) is 4. The maximum absolute atomic E-state index is 13.3. The first-order valence-corrected chi connectivity index (χ1v) is 11.8. The molecule has 0 saturated heterocycles. The van der Waals surface area contributed by atoms with Crippen LogP contribution in [0, 0.1) is 13.8 Å². The quantitative estimate of drug-likeness (QED) is 0.501. The minimum atomic E-state index is -4.77. The van der Waals surface area contributed by atoms with Crippen molar-refractivity contribution in [2.45, 2.75) is 37.9 Å². The van der Waals surface area contributed by atoms with Gasteiger partial charge in [0.1, 0.15) is 4.90 Å². The van der Waals surface area contributed by atoms with E-state index in [1.165, 1.54) is 0 Å². The number of alkyl halides is 3. The number of fused-ring (bicyclic) bond motifs is 1. The summed E-state index contributed by atoms with van der Waals surface area (Å²) in [4.78, 5) is 14.8. The number of rotatable bonds is 7. The fourth-order valence-electron chi connectivity index (χ4n) is 3.47. The van der Waals surface area contributed by atoms with Gasteiger partial charge in [-0.15, -0.1) is 0 Å². The first-order chi connectivity index (χ1) is 15.4. The molecule has 11 heteroatoms. The number of H-pyrrole nitrogens is 1. The Kier molecular flexibility index (Phi) is 7.23. The molecule has 0 aliphatic carbocycles. The zero-order valence-electron chi connectivity index (χ0n) is 17.8. The summed E-state index contributed by atoms with van der Waals surface area (Å²) in [7, 11) is -4.54. The highest BCUT2D eigenvalue weighted by Crippen LogP contribution is 2.34. The van der Waals surface area contributed by atoms with Crippen LogP contribution in [0.5, 0.6) is 0 Å². The number of hydrogen-bond donors (Lipinski definition) is 2. The number of sulfonamides is 1. The molecule has 33 heavy (non-hydrogen) atoms. The largest absolute Gasteiger partial charge is 0.416 e. The number of aliphatic hydroxyl groups excluding tert-OH is 1. The van der Waals surface area contributed by atoms with Gasteiger partial charge in [0.2, 0.25) is 10.0 Å². The highest BCUT2D eigenvalue weighted by Gasteiger charge is 2.34. The zero-order valence-corrected chi connectivity index (χ0v) is 19.4. The number of benzene rings is 2. The maximum Gasteiger partial charge on any atom is 0.416 e. The first kappa shape index (κ1) is 25.2. The Morgan fingerprint density at radius 3 is 2.39 bits per heavy atom. The van der Waals surface area contributed by atoms with Crippen molar-refractivity contribution < 1.29 is 26.7 Å². The summed E-state index contributed by atoms with van der Waals surface area (Å²) in [5.41, 5.74) is 0.742. The van der Waals surface area contributed by atoms with Crippen LogP contribution in [0.3, 0.4) is 0 Å². The Morgan fingerprint density at radius 1 is 1.09 bits per heavy atom. The second-order valence-corrected chi connectivity index (χ2v) is 9.98. The van der Waals surface area contributed by atoms with E-state index in [2.05, 4.69) is 4.98 Å². The average molecular weight is 503 g/mol. The summed E-state index contributed by atoms with van der Waals surface area (Å²) in [5, 5.41) is 9.57. The molecule has 0 unspecified atom stereocenters. The molecule has 0 fully saturated rings. The SMILES string of the molecule is Cc1ccc(C)c2[nH]c(=O)c(CN(CCCO)S(=O)(=O)c3cc(C(F)(F)F)ccc3Cl)cc12. The third-order valence-electron chi connectivity index (χ3n) is 5.31. The monoisotopic (exact) mass is 502 g/mol. The van der Waals surface area contributed by atoms with Gasteiger partial charge in [-0.25, -0.2) is 8.42 Å².